The molecular weight excluding hydrogens is 544 g/mol. The molecular formula is C30H63O8Si2. The van der Waals surface area contributed by atoms with Crippen LogP contribution in [0.4, 0.5) is 0 Å². The summed E-state index contributed by atoms with van der Waals surface area (Å²) in [6.07, 6.45) is -1.05. The highest BCUT2D eigenvalue weighted by molar-refractivity contribution is 6.77. The molecule has 0 aromatic heterocycles. The second-order valence-electron chi connectivity index (χ2n) is 14.1. The summed E-state index contributed by atoms with van der Waals surface area (Å²) in [6, 6.07) is 0. The molecule has 0 aliphatic carbocycles. The van der Waals surface area contributed by atoms with Crippen molar-refractivity contribution in [1.82, 2.24) is 0 Å². The first-order valence-corrected chi connectivity index (χ1v) is 19.5. The molecule has 0 aromatic carbocycles. The minimum atomic E-state index is -2.67. The second-order valence-corrected chi connectivity index (χ2v) is 21.6. The number of rotatable bonds is 19. The fourth-order valence-electron chi connectivity index (χ4n) is 6.81. The topological polar surface area (TPSA) is 115 Å². The molecule has 0 saturated carbocycles. The molecule has 0 rings (SSSR count). The van der Waals surface area contributed by atoms with Gasteiger partial charge in [-0.05, 0) is 59.8 Å². The van der Waals surface area contributed by atoms with Crippen LogP contribution in [-0.2, 0) is 23.1 Å². The molecule has 0 aromatic rings. The van der Waals surface area contributed by atoms with Crippen molar-refractivity contribution < 1.29 is 38.4 Å². The summed E-state index contributed by atoms with van der Waals surface area (Å²) in [6.45, 7) is 28.2. The van der Waals surface area contributed by atoms with Crippen LogP contribution in [0.15, 0.2) is 0 Å². The summed E-state index contributed by atoms with van der Waals surface area (Å²) in [4.78, 5) is 11.9. The van der Waals surface area contributed by atoms with Crippen molar-refractivity contribution >= 4 is 23.3 Å². The Kier molecular flexibility index (Phi) is 16.4. The summed E-state index contributed by atoms with van der Waals surface area (Å²) >= 11 is 0. The number of ether oxygens (including phenoxy) is 2. The van der Waals surface area contributed by atoms with Gasteiger partial charge in [0.05, 0.1) is 12.2 Å². The van der Waals surface area contributed by atoms with Gasteiger partial charge in [-0.15, -0.1) is 0 Å². The number of hydrogen-bond acceptors (Lipinski definition) is 7. The Labute approximate surface area is 248 Å². The molecule has 0 aliphatic heterocycles. The Balaban J connectivity index is 5.98. The number of carboxylic acids is 1. The first-order valence-electron chi connectivity index (χ1n) is 15.0. The van der Waals surface area contributed by atoms with Gasteiger partial charge in [-0.3, -0.25) is 0 Å². The standard InChI is InChI=1S/C30H63O8Si2/c1-19(2)40(20(3)4,21(5)6)37-18-22(7)16-24(35-12)26(29(9,10)11)25(36-13)17-23(8)27(31)30(34,28(32)33)38-39(14)15/h19-27,31,34H,16-18H2,1-15H3,(H,32,33). The highest BCUT2D eigenvalue weighted by Gasteiger charge is 2.50. The second kappa shape index (κ2) is 16.5. The van der Waals surface area contributed by atoms with E-state index in [1.54, 1.807) is 34.2 Å². The molecule has 0 heterocycles. The van der Waals surface area contributed by atoms with E-state index in [1.807, 2.05) is 0 Å². The van der Waals surface area contributed by atoms with Crippen molar-refractivity contribution in [3.8, 4) is 0 Å². The van der Waals surface area contributed by atoms with E-state index in [-0.39, 0.29) is 29.5 Å². The zero-order valence-electron chi connectivity index (χ0n) is 28.2. The lowest BCUT2D eigenvalue weighted by atomic mass is 9.70. The Bertz CT molecular complexity index is 718. The zero-order valence-corrected chi connectivity index (χ0v) is 30.2. The van der Waals surface area contributed by atoms with Crippen LogP contribution in [0.5, 0.6) is 0 Å². The van der Waals surface area contributed by atoms with Gasteiger partial charge >= 0.3 is 5.97 Å². The number of carboxylic acid groups (broad SMARTS) is 1. The molecule has 0 aliphatic rings. The van der Waals surface area contributed by atoms with Gasteiger partial charge in [0.25, 0.3) is 5.79 Å². The fraction of sp³-hybridized carbons (Fsp3) is 0.967. The molecule has 7 atom stereocenters. The quantitative estimate of drug-likeness (QED) is 0.115. The summed E-state index contributed by atoms with van der Waals surface area (Å²) in [5.74, 6) is -4.70. The van der Waals surface area contributed by atoms with Gasteiger partial charge in [-0.2, -0.15) is 0 Å². The van der Waals surface area contributed by atoms with Crippen LogP contribution in [0.25, 0.3) is 0 Å². The van der Waals surface area contributed by atoms with Gasteiger partial charge in [-0.1, -0.05) is 76.2 Å². The Morgan fingerprint density at radius 2 is 1.27 bits per heavy atom. The van der Waals surface area contributed by atoms with Crippen molar-refractivity contribution in [1.29, 1.82) is 0 Å². The molecule has 0 spiro atoms. The van der Waals surface area contributed by atoms with Crippen LogP contribution in [0, 0.1) is 23.2 Å². The molecule has 1 radical (unpaired) electrons. The van der Waals surface area contributed by atoms with Crippen LogP contribution >= 0.6 is 0 Å². The van der Waals surface area contributed by atoms with E-state index in [0.717, 1.165) is 6.42 Å². The van der Waals surface area contributed by atoms with Gasteiger partial charge in [-0.25, -0.2) is 4.79 Å². The first kappa shape index (κ1) is 39.7. The number of hydrogen-bond donors (Lipinski definition) is 3. The molecule has 40 heavy (non-hydrogen) atoms. The SMILES string of the molecule is COC(CC(C)CO[Si](C(C)C)(C(C)C)C(C)C)C(C(CC(C)C(O)C(O)(O[Si](C)C)C(=O)O)OC)C(C)(C)C. The third kappa shape index (κ3) is 10.1. The summed E-state index contributed by atoms with van der Waals surface area (Å²) in [7, 11) is -0.236. The number of aliphatic hydroxyl groups is 2. The van der Waals surface area contributed by atoms with Crippen LogP contribution in [0.3, 0.4) is 0 Å². The molecule has 10 heteroatoms. The van der Waals surface area contributed by atoms with E-state index < -0.39 is 41.1 Å². The lowest BCUT2D eigenvalue weighted by molar-refractivity contribution is -0.236. The highest BCUT2D eigenvalue weighted by atomic mass is 28.4. The number of methoxy groups -OCH3 is 2. The molecule has 7 unspecified atom stereocenters. The lowest BCUT2D eigenvalue weighted by Crippen LogP contribution is -2.57. The van der Waals surface area contributed by atoms with Gasteiger partial charge in [0.2, 0.25) is 9.04 Å². The summed E-state index contributed by atoms with van der Waals surface area (Å²) in [5, 5.41) is 31.4. The third-order valence-electron chi connectivity index (χ3n) is 8.58. The Morgan fingerprint density at radius 1 is 0.850 bits per heavy atom. The van der Waals surface area contributed by atoms with Crippen molar-refractivity contribution in [2.45, 2.75) is 143 Å². The maximum atomic E-state index is 11.9. The Morgan fingerprint density at radius 3 is 1.60 bits per heavy atom. The van der Waals surface area contributed by atoms with Crippen molar-refractivity contribution in [2.75, 3.05) is 20.8 Å². The van der Waals surface area contributed by atoms with E-state index in [0.29, 0.717) is 29.7 Å². The van der Waals surface area contributed by atoms with Gasteiger partial charge in [0.1, 0.15) is 6.10 Å². The molecule has 8 nitrogen and oxygen atoms in total. The van der Waals surface area contributed by atoms with Gasteiger partial charge in [0.15, 0.2) is 8.32 Å². The zero-order chi connectivity index (χ0) is 31.8. The van der Waals surface area contributed by atoms with E-state index in [2.05, 4.69) is 69.2 Å². The molecule has 0 fully saturated rings. The number of aliphatic carboxylic acids is 1. The average Bonchev–Trinajstić information content (AvgIpc) is 2.80. The number of carbonyl (C=O) groups is 1. The molecule has 239 valence electrons. The predicted octanol–water partition coefficient (Wildman–Crippen LogP) is 6.33. The van der Waals surface area contributed by atoms with Crippen LogP contribution in [0.1, 0.15) is 89.0 Å². The van der Waals surface area contributed by atoms with E-state index >= 15 is 0 Å². The van der Waals surface area contributed by atoms with Crippen molar-refractivity contribution in [3.63, 3.8) is 0 Å². The first-order chi connectivity index (χ1) is 18.1. The van der Waals surface area contributed by atoms with Crippen molar-refractivity contribution in [3.05, 3.63) is 0 Å². The van der Waals surface area contributed by atoms with Crippen LogP contribution in [0.2, 0.25) is 29.7 Å². The smallest absolute Gasteiger partial charge is 0.366 e. The predicted molar refractivity (Wildman–Crippen MR) is 166 cm³/mol. The monoisotopic (exact) mass is 607 g/mol. The Hall–Kier alpha value is -0.336. The molecule has 3 N–H and O–H groups in total. The molecule has 0 saturated heterocycles. The van der Waals surface area contributed by atoms with E-state index in [1.165, 1.54) is 0 Å². The van der Waals surface area contributed by atoms with Crippen LogP contribution < -0.4 is 0 Å². The van der Waals surface area contributed by atoms with Gasteiger partial charge in [0, 0.05) is 26.7 Å². The maximum Gasteiger partial charge on any atom is 0.366 e. The number of aliphatic hydroxyl groups excluding tert-OH is 1. The normalized spacial score (nSPS) is 19.5. The molecule has 0 amide bonds. The van der Waals surface area contributed by atoms with Crippen molar-refractivity contribution in [2.24, 2.45) is 23.2 Å². The van der Waals surface area contributed by atoms with Crippen LogP contribution in [-0.4, -0.2) is 83.6 Å². The van der Waals surface area contributed by atoms with E-state index in [9.17, 15) is 20.1 Å². The summed E-state index contributed by atoms with van der Waals surface area (Å²) < 4.78 is 24.4. The maximum absolute atomic E-state index is 11.9. The minimum absolute atomic E-state index is 0.0716. The fourth-order valence-corrected chi connectivity index (χ4v) is 13.2. The third-order valence-corrected chi connectivity index (χ3v) is 15.4. The minimum Gasteiger partial charge on any atom is -0.477 e. The van der Waals surface area contributed by atoms with Gasteiger partial charge < -0.3 is 33.6 Å². The highest BCUT2D eigenvalue weighted by Crippen LogP contribution is 2.43. The molecule has 0 bridgehead atoms. The lowest BCUT2D eigenvalue weighted by Gasteiger charge is -2.44. The largest absolute Gasteiger partial charge is 0.477 e. The average molecular weight is 608 g/mol. The van der Waals surface area contributed by atoms with E-state index in [4.69, 9.17) is 18.3 Å². The summed E-state index contributed by atoms with van der Waals surface area (Å²) in [5.41, 5.74) is 1.31.